The zero-order chi connectivity index (χ0) is 13.2. The number of rotatable bonds is 9. The maximum Gasteiger partial charge on any atom is 0.119 e. The molecule has 0 aliphatic rings. The minimum Gasteiger partial charge on any atom is -0.497 e. The average molecular weight is 251 g/mol. The van der Waals surface area contributed by atoms with E-state index in [0.29, 0.717) is 0 Å². The SMILES string of the molecule is CCCCOCCC(N)Cc1cccc(OC)c1. The van der Waals surface area contributed by atoms with Gasteiger partial charge in [0.1, 0.15) is 5.75 Å². The molecular formula is C15H25NO2. The Hall–Kier alpha value is -1.06. The Labute approximate surface area is 110 Å². The van der Waals surface area contributed by atoms with Crippen molar-refractivity contribution >= 4 is 0 Å². The lowest BCUT2D eigenvalue weighted by atomic mass is 10.0. The second-order valence-corrected chi connectivity index (χ2v) is 4.57. The van der Waals surface area contributed by atoms with Crippen molar-refractivity contribution in [3.05, 3.63) is 29.8 Å². The molecule has 0 fully saturated rings. The number of hydrogen-bond donors (Lipinski definition) is 1. The van der Waals surface area contributed by atoms with Gasteiger partial charge in [0.25, 0.3) is 0 Å². The summed E-state index contributed by atoms with van der Waals surface area (Å²) in [6.07, 6.45) is 4.08. The van der Waals surface area contributed by atoms with Crippen molar-refractivity contribution in [1.29, 1.82) is 0 Å². The van der Waals surface area contributed by atoms with E-state index in [0.717, 1.165) is 38.2 Å². The van der Waals surface area contributed by atoms with Crippen LogP contribution in [0.15, 0.2) is 24.3 Å². The van der Waals surface area contributed by atoms with Gasteiger partial charge in [-0.25, -0.2) is 0 Å². The zero-order valence-electron chi connectivity index (χ0n) is 11.5. The average Bonchev–Trinajstić information content (AvgIpc) is 2.38. The highest BCUT2D eigenvalue weighted by Gasteiger charge is 2.05. The van der Waals surface area contributed by atoms with Crippen molar-refractivity contribution < 1.29 is 9.47 Å². The summed E-state index contributed by atoms with van der Waals surface area (Å²) in [6, 6.07) is 8.22. The third-order valence-electron chi connectivity index (χ3n) is 2.91. The van der Waals surface area contributed by atoms with Gasteiger partial charge in [0.15, 0.2) is 0 Å². The van der Waals surface area contributed by atoms with Crippen molar-refractivity contribution in [1.82, 2.24) is 0 Å². The van der Waals surface area contributed by atoms with Gasteiger partial charge in [-0.15, -0.1) is 0 Å². The Morgan fingerprint density at radius 3 is 2.83 bits per heavy atom. The molecule has 0 aliphatic heterocycles. The predicted molar refractivity (Wildman–Crippen MR) is 75.0 cm³/mol. The standard InChI is InChI=1S/C15H25NO2/c1-3-4-9-18-10-8-14(16)11-13-6-5-7-15(12-13)17-2/h5-7,12,14H,3-4,8-11,16H2,1-2H3. The Morgan fingerprint density at radius 2 is 2.11 bits per heavy atom. The molecule has 0 aliphatic carbocycles. The molecule has 0 spiro atoms. The van der Waals surface area contributed by atoms with E-state index in [1.807, 2.05) is 18.2 Å². The van der Waals surface area contributed by atoms with Crippen LogP contribution >= 0.6 is 0 Å². The van der Waals surface area contributed by atoms with Gasteiger partial charge in [-0.1, -0.05) is 25.5 Å². The molecule has 0 saturated carbocycles. The molecular weight excluding hydrogens is 226 g/mol. The molecule has 102 valence electrons. The number of unbranched alkanes of at least 4 members (excludes halogenated alkanes) is 1. The van der Waals surface area contributed by atoms with Gasteiger partial charge < -0.3 is 15.2 Å². The van der Waals surface area contributed by atoms with Crippen molar-refractivity contribution in [3.8, 4) is 5.75 Å². The molecule has 0 saturated heterocycles. The van der Waals surface area contributed by atoms with E-state index in [1.54, 1.807) is 7.11 Å². The van der Waals surface area contributed by atoms with Gasteiger partial charge in [-0.2, -0.15) is 0 Å². The van der Waals surface area contributed by atoms with Crippen LogP contribution in [-0.2, 0) is 11.2 Å². The molecule has 1 unspecified atom stereocenters. The molecule has 1 atom stereocenters. The molecule has 0 amide bonds. The summed E-state index contributed by atoms with van der Waals surface area (Å²) in [5.41, 5.74) is 7.31. The van der Waals surface area contributed by atoms with E-state index in [9.17, 15) is 0 Å². The van der Waals surface area contributed by atoms with Crippen LogP contribution in [0.3, 0.4) is 0 Å². The molecule has 0 aromatic heterocycles. The van der Waals surface area contributed by atoms with Gasteiger partial charge in [-0.3, -0.25) is 0 Å². The lowest BCUT2D eigenvalue weighted by Crippen LogP contribution is -2.24. The molecule has 18 heavy (non-hydrogen) atoms. The zero-order valence-corrected chi connectivity index (χ0v) is 11.5. The maximum atomic E-state index is 6.09. The Morgan fingerprint density at radius 1 is 1.28 bits per heavy atom. The fourth-order valence-electron chi connectivity index (χ4n) is 1.79. The summed E-state index contributed by atoms with van der Waals surface area (Å²) in [5, 5.41) is 0. The van der Waals surface area contributed by atoms with Crippen LogP contribution in [-0.4, -0.2) is 26.4 Å². The highest BCUT2D eigenvalue weighted by atomic mass is 16.5. The molecule has 1 rings (SSSR count). The van der Waals surface area contributed by atoms with Crippen molar-refractivity contribution in [2.75, 3.05) is 20.3 Å². The van der Waals surface area contributed by atoms with Crippen LogP contribution in [0.2, 0.25) is 0 Å². The summed E-state index contributed by atoms with van der Waals surface area (Å²) in [6.45, 7) is 3.77. The summed E-state index contributed by atoms with van der Waals surface area (Å²) >= 11 is 0. The quantitative estimate of drug-likeness (QED) is 0.686. The van der Waals surface area contributed by atoms with Gasteiger partial charge in [0, 0.05) is 19.3 Å². The lowest BCUT2D eigenvalue weighted by molar-refractivity contribution is 0.124. The van der Waals surface area contributed by atoms with E-state index >= 15 is 0 Å². The highest BCUT2D eigenvalue weighted by molar-refractivity contribution is 5.28. The Balaban J connectivity index is 2.24. The molecule has 3 nitrogen and oxygen atoms in total. The fourth-order valence-corrected chi connectivity index (χ4v) is 1.79. The largest absolute Gasteiger partial charge is 0.497 e. The number of hydrogen-bond acceptors (Lipinski definition) is 3. The van der Waals surface area contributed by atoms with Crippen LogP contribution in [0.4, 0.5) is 0 Å². The first-order chi connectivity index (χ1) is 8.76. The molecule has 1 aromatic rings. The first-order valence-corrected chi connectivity index (χ1v) is 6.72. The smallest absolute Gasteiger partial charge is 0.119 e. The van der Waals surface area contributed by atoms with Crippen molar-refractivity contribution in [3.63, 3.8) is 0 Å². The number of nitrogens with two attached hydrogens (primary N) is 1. The minimum absolute atomic E-state index is 0.152. The maximum absolute atomic E-state index is 6.09. The molecule has 1 aromatic carbocycles. The van der Waals surface area contributed by atoms with Gasteiger partial charge >= 0.3 is 0 Å². The Kier molecular flexibility index (Phi) is 7.46. The first kappa shape index (κ1) is 15.0. The highest BCUT2D eigenvalue weighted by Crippen LogP contribution is 2.14. The lowest BCUT2D eigenvalue weighted by Gasteiger charge is -2.12. The second kappa shape index (κ2) is 8.95. The van der Waals surface area contributed by atoms with Crippen LogP contribution in [0.25, 0.3) is 0 Å². The normalized spacial score (nSPS) is 12.4. The number of benzene rings is 1. The topological polar surface area (TPSA) is 44.5 Å². The summed E-state index contributed by atoms with van der Waals surface area (Å²) in [7, 11) is 1.68. The van der Waals surface area contributed by atoms with Crippen molar-refractivity contribution in [2.45, 2.75) is 38.6 Å². The van der Waals surface area contributed by atoms with Crippen LogP contribution in [0.5, 0.6) is 5.75 Å². The molecule has 0 heterocycles. The molecule has 0 bridgehead atoms. The first-order valence-electron chi connectivity index (χ1n) is 6.72. The Bertz CT molecular complexity index is 328. The van der Waals surface area contributed by atoms with E-state index in [2.05, 4.69) is 13.0 Å². The van der Waals surface area contributed by atoms with E-state index < -0.39 is 0 Å². The molecule has 3 heteroatoms. The third kappa shape index (κ3) is 6.03. The minimum atomic E-state index is 0.152. The summed E-state index contributed by atoms with van der Waals surface area (Å²) in [5.74, 6) is 0.888. The van der Waals surface area contributed by atoms with E-state index in [1.165, 1.54) is 12.0 Å². The number of methoxy groups -OCH3 is 1. The monoisotopic (exact) mass is 251 g/mol. The number of ether oxygens (including phenoxy) is 2. The third-order valence-corrected chi connectivity index (χ3v) is 2.91. The second-order valence-electron chi connectivity index (χ2n) is 4.57. The predicted octanol–water partition coefficient (Wildman–Crippen LogP) is 2.77. The van der Waals surface area contributed by atoms with Crippen LogP contribution in [0.1, 0.15) is 31.7 Å². The van der Waals surface area contributed by atoms with E-state index in [4.69, 9.17) is 15.2 Å². The van der Waals surface area contributed by atoms with Crippen LogP contribution in [0, 0.1) is 0 Å². The van der Waals surface area contributed by atoms with E-state index in [-0.39, 0.29) is 6.04 Å². The van der Waals surface area contributed by atoms with Gasteiger partial charge in [0.2, 0.25) is 0 Å². The van der Waals surface area contributed by atoms with Crippen molar-refractivity contribution in [2.24, 2.45) is 5.73 Å². The fraction of sp³-hybridized carbons (Fsp3) is 0.600. The van der Waals surface area contributed by atoms with Gasteiger partial charge in [-0.05, 0) is 37.0 Å². The molecule has 2 N–H and O–H groups in total. The van der Waals surface area contributed by atoms with Crippen LogP contribution < -0.4 is 10.5 Å². The summed E-state index contributed by atoms with van der Waals surface area (Å²) < 4.78 is 10.7. The van der Waals surface area contributed by atoms with Gasteiger partial charge in [0.05, 0.1) is 7.11 Å². The summed E-state index contributed by atoms with van der Waals surface area (Å²) in [4.78, 5) is 0. The molecule has 0 radical (unpaired) electrons.